The van der Waals surface area contributed by atoms with E-state index in [2.05, 4.69) is 13.9 Å². The highest BCUT2D eigenvalue weighted by atomic mass is 32.2. The number of nitrogens with zero attached hydrogens (tertiary/aromatic N) is 1. The van der Waals surface area contributed by atoms with Gasteiger partial charge in [-0.3, -0.25) is 0 Å². The molecule has 0 amide bonds. The molecule has 0 radical (unpaired) electrons. The second kappa shape index (κ2) is 9.77. The van der Waals surface area contributed by atoms with Crippen LogP contribution in [0.5, 0.6) is 11.5 Å². The van der Waals surface area contributed by atoms with Crippen LogP contribution in [0.2, 0.25) is 0 Å². The van der Waals surface area contributed by atoms with Gasteiger partial charge in [0.1, 0.15) is 0 Å². The first kappa shape index (κ1) is 22.2. The first-order valence-corrected chi connectivity index (χ1v) is 11.5. The van der Waals surface area contributed by atoms with Crippen molar-refractivity contribution in [2.24, 2.45) is 4.99 Å². The van der Waals surface area contributed by atoms with Crippen molar-refractivity contribution in [3.63, 3.8) is 0 Å². The van der Waals surface area contributed by atoms with E-state index in [0.717, 1.165) is 6.07 Å². The van der Waals surface area contributed by atoms with E-state index in [1.165, 1.54) is 0 Å². The van der Waals surface area contributed by atoms with Gasteiger partial charge in [-0.1, -0.05) is 60.7 Å². The minimum atomic E-state index is -6.47. The molecule has 0 saturated carbocycles. The summed E-state index contributed by atoms with van der Waals surface area (Å²) in [5.74, 6) is -9.46. The van der Waals surface area contributed by atoms with Gasteiger partial charge in [0.15, 0.2) is 23.1 Å². The van der Waals surface area contributed by atoms with E-state index in [0.29, 0.717) is 17.2 Å². The van der Waals surface area contributed by atoms with Gasteiger partial charge in [0.2, 0.25) is 5.82 Å². The first-order valence-electron chi connectivity index (χ1n) is 11.6. The van der Waals surface area contributed by atoms with E-state index < -0.39 is 68.1 Å². The van der Waals surface area contributed by atoms with Crippen molar-refractivity contribution < 1.29 is 47.8 Å². The molecule has 0 saturated heterocycles. The van der Waals surface area contributed by atoms with Crippen molar-refractivity contribution in [3.05, 3.63) is 101 Å². The van der Waals surface area contributed by atoms with Crippen molar-refractivity contribution >= 4 is 32.3 Å². The maximum atomic E-state index is 15.0. The fourth-order valence-corrected chi connectivity index (χ4v) is 3.90. The molecule has 0 spiro atoms. The molecule has 0 aliphatic carbocycles. The zero-order valence-electron chi connectivity index (χ0n) is 21.2. The van der Waals surface area contributed by atoms with Gasteiger partial charge in [0, 0.05) is 22.6 Å². The fraction of sp³-hybridized carbons (Fsp3) is 0.0800. The van der Waals surface area contributed by atoms with E-state index in [1.54, 1.807) is 60.7 Å². The molecule has 0 N–H and O–H groups in total. The number of hydrogen-bond donors (Lipinski definition) is 0. The normalized spacial score (nSPS) is 13.4. The molecule has 4 rings (SSSR count). The van der Waals surface area contributed by atoms with Crippen molar-refractivity contribution in [1.82, 2.24) is 0 Å². The minimum absolute atomic E-state index is 0.173. The second-order valence-corrected chi connectivity index (χ2v) is 8.95. The summed E-state index contributed by atoms with van der Waals surface area (Å²) in [7, 11) is -9.98. The average molecular weight is 542 g/mol. The molecule has 0 aromatic heterocycles. The molecule has 4 aromatic carbocycles. The van der Waals surface area contributed by atoms with Gasteiger partial charge in [0.25, 0.3) is 0 Å². The number of fused-ring (bicyclic) bond motifs is 1. The Morgan fingerprint density at radius 2 is 1.43 bits per heavy atom. The molecule has 192 valence electrons. The minimum Gasteiger partial charge on any atom is -0.493 e. The summed E-state index contributed by atoms with van der Waals surface area (Å²) in [6.07, 6.45) is 0. The summed E-state index contributed by atoms with van der Waals surface area (Å²) in [6, 6.07) is 17.8. The summed E-state index contributed by atoms with van der Waals surface area (Å²) in [6.45, 7) is 0. The van der Waals surface area contributed by atoms with Crippen LogP contribution in [0.1, 0.15) is 15.2 Å². The Labute approximate surface area is 210 Å². The molecule has 0 aliphatic heterocycles. The van der Waals surface area contributed by atoms with Gasteiger partial charge in [-0.15, -0.1) is 0 Å². The van der Waals surface area contributed by atoms with E-state index in [-0.39, 0.29) is 5.71 Å². The molecule has 0 fully saturated rings. The first-order chi connectivity index (χ1) is 18.6. The molecular weight excluding hydrogens is 524 g/mol. The molecule has 12 heteroatoms. The van der Waals surface area contributed by atoms with Crippen molar-refractivity contribution in [2.75, 3.05) is 7.04 Å². The van der Waals surface area contributed by atoms with E-state index in [9.17, 15) is 34.8 Å². The molecule has 4 aromatic rings. The van der Waals surface area contributed by atoms with Gasteiger partial charge >= 0.3 is 15.6 Å². The molecule has 0 bridgehead atoms. The number of hydrogen-bond acceptors (Lipinski definition) is 5. The summed E-state index contributed by atoms with van der Waals surface area (Å²) in [5.41, 5.74) is -5.34. The van der Waals surface area contributed by atoms with Crippen LogP contribution in [-0.2, 0) is 10.1 Å². The predicted molar refractivity (Wildman–Crippen MR) is 124 cm³/mol. The van der Waals surface area contributed by atoms with E-state index in [4.69, 9.17) is 4.11 Å². The van der Waals surface area contributed by atoms with Gasteiger partial charge < -0.3 is 8.92 Å². The van der Waals surface area contributed by atoms with Crippen LogP contribution in [0.3, 0.4) is 0 Å². The molecule has 5 nitrogen and oxygen atoms in total. The third-order valence-electron chi connectivity index (χ3n) is 5.06. The van der Waals surface area contributed by atoms with Gasteiger partial charge in [0.05, 0.1) is 27.9 Å². The Balaban J connectivity index is 2.10. The zero-order chi connectivity index (χ0) is 29.5. The number of ether oxygens (including phenoxy) is 1. The number of rotatable bonds is 6. The quantitative estimate of drug-likeness (QED) is 0.0899. The lowest BCUT2D eigenvalue weighted by molar-refractivity contribution is -0.0499. The van der Waals surface area contributed by atoms with Crippen LogP contribution in [0.4, 0.5) is 32.0 Å². The maximum absolute atomic E-state index is 15.0. The Kier molecular flexibility index (Phi) is 5.85. The van der Waals surface area contributed by atoms with Gasteiger partial charge in [-0.05, 0) is 6.07 Å². The third-order valence-corrected chi connectivity index (χ3v) is 6.02. The second-order valence-electron chi connectivity index (χ2n) is 7.42. The number of halogens is 6. The smallest absolute Gasteiger partial charge is 0.493 e. The molecular formula is C25H15F6NO4S. The largest absolute Gasteiger partial charge is 0.534 e. The maximum Gasteiger partial charge on any atom is 0.534 e. The lowest BCUT2D eigenvalue weighted by atomic mass is 10.0. The standard InChI is InChI=1S/C25H15F6NO4S/c1-35-24-19-17(20(26)21(27)22(24)28)12-16(13-18(19)36-37(33,34)25(29,30)31)32-23(14-8-4-2-5-9-14)15-10-6-3-7-11-15/h2-13H,1H3/i1D3. The third kappa shape index (κ3) is 4.96. The summed E-state index contributed by atoms with van der Waals surface area (Å²) >= 11 is 0. The molecule has 0 unspecified atom stereocenters. The topological polar surface area (TPSA) is 65.0 Å². The summed E-state index contributed by atoms with van der Waals surface area (Å²) in [4.78, 5) is 4.33. The highest BCUT2D eigenvalue weighted by Gasteiger charge is 2.49. The highest BCUT2D eigenvalue weighted by molar-refractivity contribution is 7.88. The van der Waals surface area contributed by atoms with Crippen LogP contribution in [0.15, 0.2) is 77.8 Å². The predicted octanol–water partition coefficient (Wildman–Crippen LogP) is 6.66. The summed E-state index contributed by atoms with van der Waals surface area (Å²) in [5, 5.41) is -2.28. The lowest BCUT2D eigenvalue weighted by Gasteiger charge is -2.16. The van der Waals surface area contributed by atoms with Crippen molar-refractivity contribution in [1.29, 1.82) is 0 Å². The SMILES string of the molecule is [2H]C([2H])([2H])Oc1c(F)c(F)c(F)c2cc(N=C(c3ccccc3)c3ccccc3)cc(OS(=O)(=O)C(F)(F)F)c12. The van der Waals surface area contributed by atoms with Crippen molar-refractivity contribution in [2.45, 2.75) is 5.51 Å². The van der Waals surface area contributed by atoms with E-state index in [1.807, 2.05) is 0 Å². The van der Waals surface area contributed by atoms with E-state index >= 15 is 0 Å². The molecule has 0 atom stereocenters. The lowest BCUT2D eigenvalue weighted by Crippen LogP contribution is -2.28. The van der Waals surface area contributed by atoms with Crippen LogP contribution < -0.4 is 8.92 Å². The van der Waals surface area contributed by atoms with Gasteiger partial charge in [-0.25, -0.2) is 13.8 Å². The fourth-order valence-electron chi connectivity index (χ4n) is 3.44. The average Bonchev–Trinajstić information content (AvgIpc) is 2.88. The Morgan fingerprint density at radius 1 is 0.865 bits per heavy atom. The monoisotopic (exact) mass is 542 g/mol. The van der Waals surface area contributed by atoms with Crippen LogP contribution in [0.25, 0.3) is 10.8 Å². The van der Waals surface area contributed by atoms with Crippen LogP contribution >= 0.6 is 0 Å². The Hall–Kier alpha value is -4.06. The number of alkyl halides is 3. The molecule has 37 heavy (non-hydrogen) atoms. The molecule has 0 aliphatic rings. The Morgan fingerprint density at radius 3 is 1.95 bits per heavy atom. The number of methoxy groups -OCH3 is 1. The summed E-state index contributed by atoms with van der Waals surface area (Å²) < 4.78 is 138. The number of benzene rings is 4. The highest BCUT2D eigenvalue weighted by Crippen LogP contribution is 2.43. The van der Waals surface area contributed by atoms with Crippen LogP contribution in [0, 0.1) is 17.5 Å². The molecule has 0 heterocycles. The Bertz CT molecular complexity index is 1670. The van der Waals surface area contributed by atoms with Crippen molar-refractivity contribution in [3.8, 4) is 11.5 Å². The van der Waals surface area contributed by atoms with Crippen LogP contribution in [-0.4, -0.2) is 26.7 Å². The number of aliphatic imine (C=N–C) groups is 1. The van der Waals surface area contributed by atoms with Gasteiger partial charge in [-0.2, -0.15) is 26.0 Å². The zero-order valence-corrected chi connectivity index (χ0v) is 19.0.